The Bertz CT molecular complexity index is 860. The largest absolute Gasteiger partial charge is 0.504 e. The fourth-order valence-electron chi connectivity index (χ4n) is 3.23. The van der Waals surface area contributed by atoms with Crippen LogP contribution in [0.15, 0.2) is 30.3 Å². The van der Waals surface area contributed by atoms with Crippen molar-refractivity contribution in [1.29, 1.82) is 0 Å². The second kappa shape index (κ2) is 4.78. The molecule has 0 spiro atoms. The lowest BCUT2D eigenvalue weighted by Crippen LogP contribution is -2.57. The van der Waals surface area contributed by atoms with Crippen molar-refractivity contribution < 1.29 is 34.3 Å². The molecular weight excluding hydrogens is 316 g/mol. The number of ketones is 1. The van der Waals surface area contributed by atoms with Gasteiger partial charge in [0.05, 0.1) is 7.11 Å². The Kier molecular flexibility index (Phi) is 2.92. The Morgan fingerprint density at radius 2 is 2.00 bits per heavy atom. The van der Waals surface area contributed by atoms with Gasteiger partial charge in [-0.1, -0.05) is 18.2 Å². The molecular formula is C17H14O7. The number of hydrogen-bond acceptors (Lipinski definition) is 7. The summed E-state index contributed by atoms with van der Waals surface area (Å²) in [5.74, 6) is -1.60. The Morgan fingerprint density at radius 3 is 2.75 bits per heavy atom. The summed E-state index contributed by atoms with van der Waals surface area (Å²) < 4.78 is 16.1. The van der Waals surface area contributed by atoms with Crippen LogP contribution in [0.5, 0.6) is 28.7 Å². The number of rotatable bonds is 1. The van der Waals surface area contributed by atoms with E-state index in [0.29, 0.717) is 5.75 Å². The highest BCUT2D eigenvalue weighted by Crippen LogP contribution is 2.52. The maximum Gasteiger partial charge on any atom is 0.210 e. The van der Waals surface area contributed by atoms with Gasteiger partial charge >= 0.3 is 0 Å². The Labute approximate surface area is 136 Å². The lowest BCUT2D eigenvalue weighted by atomic mass is 9.77. The first-order chi connectivity index (χ1) is 11.5. The molecule has 0 fully saturated rings. The number of carbonyl (C=O) groups is 1. The third-order valence-corrected chi connectivity index (χ3v) is 4.40. The molecule has 24 heavy (non-hydrogen) atoms. The van der Waals surface area contributed by atoms with E-state index < -0.39 is 23.2 Å². The van der Waals surface area contributed by atoms with Crippen molar-refractivity contribution in [2.24, 2.45) is 0 Å². The van der Waals surface area contributed by atoms with E-state index in [4.69, 9.17) is 14.2 Å². The summed E-state index contributed by atoms with van der Waals surface area (Å²) in [4.78, 5) is 13.1. The highest BCUT2D eigenvalue weighted by atomic mass is 16.6. The SMILES string of the molecule is COc1c(O)cc2c(c1O)C(=O)[C@]1(O)c3ccccc3OC[C@H]1O2. The zero-order valence-electron chi connectivity index (χ0n) is 12.6. The summed E-state index contributed by atoms with van der Waals surface area (Å²) in [6.07, 6.45) is -1.00. The van der Waals surface area contributed by atoms with Gasteiger partial charge in [-0.25, -0.2) is 0 Å². The molecule has 2 aromatic rings. The predicted octanol–water partition coefficient (Wildman–Crippen LogP) is 1.33. The molecule has 0 radical (unpaired) electrons. The molecule has 0 unspecified atom stereocenters. The fraction of sp³-hybridized carbons (Fsp3) is 0.235. The Hall–Kier alpha value is -2.93. The molecule has 0 amide bonds. The third kappa shape index (κ3) is 1.67. The highest BCUT2D eigenvalue weighted by molar-refractivity contribution is 6.09. The van der Waals surface area contributed by atoms with Gasteiger partial charge in [0.1, 0.15) is 23.7 Å². The fourth-order valence-corrected chi connectivity index (χ4v) is 3.23. The van der Waals surface area contributed by atoms with Crippen LogP contribution >= 0.6 is 0 Å². The van der Waals surface area contributed by atoms with Crippen LogP contribution in [-0.2, 0) is 5.60 Å². The monoisotopic (exact) mass is 330 g/mol. The van der Waals surface area contributed by atoms with Crippen LogP contribution in [0, 0.1) is 0 Å². The second-order valence-corrected chi connectivity index (χ2v) is 5.66. The van der Waals surface area contributed by atoms with Gasteiger partial charge in [0, 0.05) is 11.6 Å². The lowest BCUT2D eigenvalue weighted by Gasteiger charge is -2.43. The molecule has 2 aromatic carbocycles. The van der Waals surface area contributed by atoms with E-state index in [1.807, 2.05) is 0 Å². The van der Waals surface area contributed by atoms with Crippen LogP contribution in [-0.4, -0.2) is 40.9 Å². The van der Waals surface area contributed by atoms with Gasteiger partial charge < -0.3 is 29.5 Å². The number of fused-ring (bicyclic) bond motifs is 4. The van der Waals surface area contributed by atoms with Crippen molar-refractivity contribution in [3.8, 4) is 28.7 Å². The Morgan fingerprint density at radius 1 is 1.25 bits per heavy atom. The number of Topliss-reactive ketones (excluding diaryl/α,β-unsaturated/α-hetero) is 1. The maximum atomic E-state index is 13.1. The molecule has 2 atom stereocenters. The number of phenolic OH excluding ortho intramolecular Hbond substituents is 2. The number of aromatic hydroxyl groups is 2. The summed E-state index contributed by atoms with van der Waals surface area (Å²) >= 11 is 0. The molecule has 2 heterocycles. The first kappa shape index (κ1) is 14.6. The highest BCUT2D eigenvalue weighted by Gasteiger charge is 2.56. The van der Waals surface area contributed by atoms with Crippen molar-refractivity contribution in [2.45, 2.75) is 11.7 Å². The molecule has 4 rings (SSSR count). The number of benzene rings is 2. The number of aliphatic hydroxyl groups is 1. The molecule has 3 N–H and O–H groups in total. The summed E-state index contributed by atoms with van der Waals surface area (Å²) in [5.41, 5.74) is -1.97. The van der Waals surface area contributed by atoms with Crippen LogP contribution in [0.1, 0.15) is 15.9 Å². The minimum absolute atomic E-state index is 0.0338. The molecule has 7 heteroatoms. The van der Waals surface area contributed by atoms with Crippen molar-refractivity contribution in [1.82, 2.24) is 0 Å². The van der Waals surface area contributed by atoms with Crippen LogP contribution in [0.3, 0.4) is 0 Å². The molecule has 0 saturated heterocycles. The average Bonchev–Trinajstić information content (AvgIpc) is 2.57. The van der Waals surface area contributed by atoms with Crippen molar-refractivity contribution in [3.05, 3.63) is 41.5 Å². The van der Waals surface area contributed by atoms with E-state index in [2.05, 4.69) is 0 Å². The minimum atomic E-state index is -2.00. The van der Waals surface area contributed by atoms with Gasteiger partial charge in [-0.3, -0.25) is 4.79 Å². The first-order valence-corrected chi connectivity index (χ1v) is 7.27. The maximum absolute atomic E-state index is 13.1. The number of ether oxygens (including phenoxy) is 3. The zero-order chi connectivity index (χ0) is 17.1. The Balaban J connectivity index is 1.96. The van der Waals surface area contributed by atoms with E-state index in [0.717, 1.165) is 0 Å². The van der Waals surface area contributed by atoms with E-state index in [1.54, 1.807) is 24.3 Å². The molecule has 0 saturated carbocycles. The number of hydrogen-bond donors (Lipinski definition) is 3. The molecule has 0 aromatic heterocycles. The van der Waals surface area contributed by atoms with E-state index >= 15 is 0 Å². The van der Waals surface area contributed by atoms with Gasteiger partial charge in [0.15, 0.2) is 23.2 Å². The normalized spacial score (nSPS) is 24.1. The van der Waals surface area contributed by atoms with Gasteiger partial charge in [0.2, 0.25) is 11.5 Å². The van der Waals surface area contributed by atoms with E-state index in [9.17, 15) is 20.1 Å². The van der Waals surface area contributed by atoms with Gasteiger partial charge in [-0.2, -0.15) is 0 Å². The number of phenols is 2. The molecule has 0 bridgehead atoms. The number of carbonyl (C=O) groups excluding carboxylic acids is 1. The topological polar surface area (TPSA) is 105 Å². The molecule has 2 aliphatic rings. The summed E-state index contributed by atoms with van der Waals surface area (Å²) in [6, 6.07) is 7.78. The quantitative estimate of drug-likeness (QED) is 0.724. The summed E-state index contributed by atoms with van der Waals surface area (Å²) in [6.45, 7) is -0.0494. The van der Waals surface area contributed by atoms with Crippen LogP contribution in [0.25, 0.3) is 0 Å². The average molecular weight is 330 g/mol. The summed E-state index contributed by atoms with van der Waals surface area (Å²) in [5, 5.41) is 31.3. The molecule has 0 aliphatic carbocycles. The number of para-hydroxylation sites is 1. The van der Waals surface area contributed by atoms with Gasteiger partial charge in [-0.15, -0.1) is 0 Å². The minimum Gasteiger partial charge on any atom is -0.504 e. The predicted molar refractivity (Wildman–Crippen MR) is 80.9 cm³/mol. The van der Waals surface area contributed by atoms with Crippen molar-refractivity contribution in [3.63, 3.8) is 0 Å². The van der Waals surface area contributed by atoms with E-state index in [-0.39, 0.29) is 35.0 Å². The smallest absolute Gasteiger partial charge is 0.210 e. The van der Waals surface area contributed by atoms with Crippen LogP contribution < -0.4 is 14.2 Å². The lowest BCUT2D eigenvalue weighted by molar-refractivity contribution is -0.0801. The van der Waals surface area contributed by atoms with Crippen LogP contribution in [0.4, 0.5) is 0 Å². The van der Waals surface area contributed by atoms with E-state index in [1.165, 1.54) is 13.2 Å². The summed E-state index contributed by atoms with van der Waals surface area (Å²) in [7, 11) is 1.25. The van der Waals surface area contributed by atoms with Gasteiger partial charge in [0.25, 0.3) is 0 Å². The molecule has 7 nitrogen and oxygen atoms in total. The number of methoxy groups -OCH3 is 1. The second-order valence-electron chi connectivity index (χ2n) is 5.66. The van der Waals surface area contributed by atoms with Crippen molar-refractivity contribution >= 4 is 5.78 Å². The molecule has 124 valence electrons. The van der Waals surface area contributed by atoms with Crippen LogP contribution in [0.2, 0.25) is 0 Å². The van der Waals surface area contributed by atoms with Gasteiger partial charge in [-0.05, 0) is 6.07 Å². The van der Waals surface area contributed by atoms with Crippen molar-refractivity contribution in [2.75, 3.05) is 13.7 Å². The zero-order valence-corrected chi connectivity index (χ0v) is 12.6. The third-order valence-electron chi connectivity index (χ3n) is 4.40. The standard InChI is InChI=1S/C17H14O7/c1-22-15-9(18)6-11-13(14(15)19)16(20)17(21)8-4-2-3-5-10(8)23-7-12(17)24-11/h2-6,12,18-19,21H,7H2,1H3/t12-,17+/m1/s1. The molecule has 2 aliphatic heterocycles. The first-order valence-electron chi connectivity index (χ1n) is 7.27.